The summed E-state index contributed by atoms with van der Waals surface area (Å²) < 4.78 is 47.7. The number of nitrogens with zero attached hydrogens (tertiary/aromatic N) is 3. The van der Waals surface area contributed by atoms with Crippen molar-refractivity contribution >= 4 is 39.0 Å². The maximum absolute atomic E-state index is 13.8. The average molecular weight is 508 g/mol. The van der Waals surface area contributed by atoms with Crippen LogP contribution in [0.5, 0.6) is 0 Å². The molecule has 0 radical (unpaired) electrons. The van der Waals surface area contributed by atoms with Crippen LogP contribution in [0, 0.1) is 0 Å². The SMILES string of the molecule is O=C(NCCN1CCOCC1)c1nn2c(c1Br)N[C@H](c1cccs1)C[C@@H]2C(F)(F)F. The van der Waals surface area contributed by atoms with Gasteiger partial charge in [0.15, 0.2) is 11.7 Å². The number of carbonyl (C=O) groups is 1. The number of ether oxygens (including phenoxy) is 1. The van der Waals surface area contributed by atoms with Crippen LogP contribution in [0.3, 0.4) is 0 Å². The van der Waals surface area contributed by atoms with Crippen molar-refractivity contribution in [3.63, 3.8) is 0 Å². The molecule has 2 aromatic heterocycles. The van der Waals surface area contributed by atoms with Gasteiger partial charge >= 0.3 is 6.18 Å². The molecule has 2 N–H and O–H groups in total. The molecule has 1 fully saturated rings. The number of nitrogens with one attached hydrogen (secondary N) is 2. The van der Waals surface area contributed by atoms with E-state index in [2.05, 4.69) is 36.6 Å². The van der Waals surface area contributed by atoms with Crippen molar-refractivity contribution in [1.82, 2.24) is 20.0 Å². The van der Waals surface area contributed by atoms with Crippen molar-refractivity contribution in [3.8, 4) is 0 Å². The van der Waals surface area contributed by atoms with Crippen LogP contribution in [-0.4, -0.2) is 66.2 Å². The summed E-state index contributed by atoms with van der Waals surface area (Å²) in [6.45, 7) is 3.91. The third-order valence-corrected chi connectivity index (χ3v) is 6.95. The fraction of sp³-hybridized carbons (Fsp3) is 0.556. The lowest BCUT2D eigenvalue weighted by Crippen LogP contribution is -2.41. The number of alkyl halides is 3. The van der Waals surface area contributed by atoms with Crippen LogP contribution in [0.15, 0.2) is 22.0 Å². The molecule has 0 bridgehead atoms. The molecule has 30 heavy (non-hydrogen) atoms. The number of hydrogen-bond donors (Lipinski definition) is 2. The molecular weight excluding hydrogens is 487 g/mol. The van der Waals surface area contributed by atoms with E-state index in [4.69, 9.17) is 4.74 Å². The monoisotopic (exact) mass is 507 g/mol. The number of amides is 1. The van der Waals surface area contributed by atoms with Crippen LogP contribution in [0.25, 0.3) is 0 Å². The van der Waals surface area contributed by atoms with E-state index in [0.717, 1.165) is 22.6 Å². The highest BCUT2D eigenvalue weighted by Gasteiger charge is 2.47. The minimum atomic E-state index is -4.48. The first kappa shape index (κ1) is 21.6. The Labute approximate surface area is 183 Å². The van der Waals surface area contributed by atoms with E-state index < -0.39 is 24.2 Å². The number of thiophene rings is 1. The Morgan fingerprint density at radius 1 is 1.40 bits per heavy atom. The van der Waals surface area contributed by atoms with Crippen molar-refractivity contribution in [3.05, 3.63) is 32.6 Å². The van der Waals surface area contributed by atoms with Gasteiger partial charge in [-0.15, -0.1) is 11.3 Å². The van der Waals surface area contributed by atoms with Crippen molar-refractivity contribution < 1.29 is 22.7 Å². The third kappa shape index (κ3) is 4.51. The van der Waals surface area contributed by atoms with E-state index >= 15 is 0 Å². The lowest BCUT2D eigenvalue weighted by Gasteiger charge is -2.33. The number of fused-ring (bicyclic) bond motifs is 1. The number of rotatable bonds is 5. The Balaban J connectivity index is 1.51. The molecule has 164 valence electrons. The molecule has 12 heteroatoms. The molecule has 4 rings (SSSR count). The molecular formula is C18H21BrF3N5O2S. The largest absolute Gasteiger partial charge is 0.410 e. The zero-order chi connectivity index (χ0) is 21.3. The van der Waals surface area contributed by atoms with Crippen LogP contribution in [0.1, 0.15) is 33.9 Å². The summed E-state index contributed by atoms with van der Waals surface area (Å²) in [6.07, 6.45) is -4.68. The summed E-state index contributed by atoms with van der Waals surface area (Å²) in [5.74, 6) is -0.340. The highest BCUT2D eigenvalue weighted by Crippen LogP contribution is 2.46. The molecule has 2 atom stereocenters. The molecule has 0 aromatic carbocycles. The van der Waals surface area contributed by atoms with Crippen molar-refractivity contribution in [2.45, 2.75) is 24.7 Å². The lowest BCUT2D eigenvalue weighted by atomic mass is 10.0. The molecule has 0 aliphatic carbocycles. The van der Waals surface area contributed by atoms with Crippen LogP contribution in [0.2, 0.25) is 0 Å². The first-order chi connectivity index (χ1) is 14.3. The molecule has 1 saturated heterocycles. The van der Waals surface area contributed by atoms with Crippen molar-refractivity contribution in [2.75, 3.05) is 44.7 Å². The quantitative estimate of drug-likeness (QED) is 0.648. The average Bonchev–Trinajstić information content (AvgIpc) is 3.36. The van der Waals surface area contributed by atoms with Gasteiger partial charge < -0.3 is 15.4 Å². The van der Waals surface area contributed by atoms with Gasteiger partial charge in [0, 0.05) is 37.5 Å². The maximum Gasteiger partial charge on any atom is 0.410 e. The summed E-state index contributed by atoms with van der Waals surface area (Å²) in [6, 6.07) is 1.29. The number of halogens is 4. The smallest absolute Gasteiger partial charge is 0.379 e. The Morgan fingerprint density at radius 3 is 2.83 bits per heavy atom. The molecule has 4 heterocycles. The number of aromatic nitrogens is 2. The minimum Gasteiger partial charge on any atom is -0.379 e. The van der Waals surface area contributed by atoms with Gasteiger partial charge in [-0.25, -0.2) is 4.68 Å². The zero-order valence-electron chi connectivity index (χ0n) is 15.9. The van der Waals surface area contributed by atoms with Crippen LogP contribution >= 0.6 is 27.3 Å². The number of anilines is 1. The number of carbonyl (C=O) groups excluding carboxylic acids is 1. The molecule has 2 aliphatic rings. The summed E-state index contributed by atoms with van der Waals surface area (Å²) in [5, 5.41) is 11.7. The molecule has 2 aromatic rings. The van der Waals surface area contributed by atoms with E-state index in [0.29, 0.717) is 26.3 Å². The van der Waals surface area contributed by atoms with Gasteiger partial charge in [0.1, 0.15) is 5.82 Å². The van der Waals surface area contributed by atoms with Crippen LogP contribution in [0.4, 0.5) is 19.0 Å². The summed E-state index contributed by atoms with van der Waals surface area (Å²) in [4.78, 5) is 15.6. The zero-order valence-corrected chi connectivity index (χ0v) is 18.3. The molecule has 0 spiro atoms. The molecule has 0 saturated carbocycles. The van der Waals surface area contributed by atoms with Gasteiger partial charge in [0.05, 0.1) is 23.7 Å². The van der Waals surface area contributed by atoms with E-state index in [1.54, 1.807) is 12.1 Å². The molecule has 7 nitrogen and oxygen atoms in total. The Bertz CT molecular complexity index is 883. The van der Waals surface area contributed by atoms with Crippen molar-refractivity contribution in [2.24, 2.45) is 0 Å². The van der Waals surface area contributed by atoms with E-state index in [-0.39, 0.29) is 22.4 Å². The van der Waals surface area contributed by atoms with Crippen molar-refractivity contribution in [1.29, 1.82) is 0 Å². The second-order valence-electron chi connectivity index (χ2n) is 7.17. The Morgan fingerprint density at radius 2 is 2.17 bits per heavy atom. The summed E-state index contributed by atoms with van der Waals surface area (Å²) in [7, 11) is 0. The van der Waals surface area contributed by atoms with Gasteiger partial charge in [0.25, 0.3) is 5.91 Å². The third-order valence-electron chi connectivity index (χ3n) is 5.21. The van der Waals surface area contributed by atoms with E-state index in [9.17, 15) is 18.0 Å². The van der Waals surface area contributed by atoms with Gasteiger partial charge in [-0.2, -0.15) is 18.3 Å². The van der Waals surface area contributed by atoms with Crippen LogP contribution < -0.4 is 10.6 Å². The fourth-order valence-electron chi connectivity index (χ4n) is 3.65. The topological polar surface area (TPSA) is 71.4 Å². The minimum absolute atomic E-state index is 0.0550. The Hall–Kier alpha value is -1.63. The molecule has 2 aliphatic heterocycles. The highest BCUT2D eigenvalue weighted by atomic mass is 79.9. The second kappa shape index (κ2) is 8.85. The second-order valence-corrected chi connectivity index (χ2v) is 8.94. The maximum atomic E-state index is 13.8. The fourth-order valence-corrected chi connectivity index (χ4v) is 4.99. The summed E-state index contributed by atoms with van der Waals surface area (Å²) >= 11 is 4.69. The van der Waals surface area contributed by atoms with Gasteiger partial charge in [0.2, 0.25) is 0 Å². The predicted molar refractivity (Wildman–Crippen MR) is 110 cm³/mol. The molecule has 1 amide bonds. The van der Waals surface area contributed by atoms with Gasteiger partial charge in [-0.05, 0) is 27.4 Å². The predicted octanol–water partition coefficient (Wildman–Crippen LogP) is 3.43. The highest BCUT2D eigenvalue weighted by molar-refractivity contribution is 9.10. The van der Waals surface area contributed by atoms with E-state index in [1.165, 1.54) is 11.3 Å². The number of morpholine rings is 1. The number of hydrogen-bond acceptors (Lipinski definition) is 6. The lowest BCUT2D eigenvalue weighted by molar-refractivity contribution is -0.173. The summed E-state index contributed by atoms with van der Waals surface area (Å²) in [5.41, 5.74) is -0.0550. The van der Waals surface area contributed by atoms with Gasteiger partial charge in [-0.3, -0.25) is 9.69 Å². The molecule has 0 unspecified atom stereocenters. The normalized spacial score (nSPS) is 22.4. The Kier molecular flexibility index (Phi) is 6.37. The first-order valence-electron chi connectivity index (χ1n) is 9.57. The first-order valence-corrected chi connectivity index (χ1v) is 11.2. The van der Waals surface area contributed by atoms with E-state index in [1.807, 2.05) is 5.38 Å². The van der Waals surface area contributed by atoms with Gasteiger partial charge in [-0.1, -0.05) is 6.07 Å². The standard InChI is InChI=1S/C18H21BrF3N5O2S/c19-14-15(17(28)23-3-4-26-5-7-29-8-6-26)25-27-13(18(20,21)22)10-11(24-16(14)27)12-2-1-9-30-12/h1-2,9,11,13,24H,3-8,10H2,(H,23,28)/t11-,13+/m0/s1. The van der Waals surface area contributed by atoms with Crippen LogP contribution in [-0.2, 0) is 4.74 Å².